The molecule has 0 radical (unpaired) electrons. The predicted molar refractivity (Wildman–Crippen MR) is 97.8 cm³/mol. The van der Waals surface area contributed by atoms with Gasteiger partial charge in [-0.2, -0.15) is 0 Å². The first kappa shape index (κ1) is 6.34. The highest BCUT2D eigenvalue weighted by atomic mass is 16.2. The van der Waals surface area contributed by atoms with Crippen LogP contribution in [0.1, 0.15) is 44.0 Å². The molecule has 0 fully saturated rings. The van der Waals surface area contributed by atoms with E-state index in [0.717, 1.165) is 4.90 Å². The number of hydrogen-bond acceptors (Lipinski definition) is 2. The molecule has 4 heteroatoms. The summed E-state index contributed by atoms with van der Waals surface area (Å²) in [6.45, 7) is -18.1. The first-order valence-corrected chi connectivity index (χ1v) is 7.54. The smallest absolute Gasteiger partial charge is 0.230 e. The number of amides is 1. The average molecular weight is 338 g/mol. The number of benzene rings is 1. The Balaban J connectivity index is 1.93. The molecule has 1 aliphatic heterocycles. The summed E-state index contributed by atoms with van der Waals surface area (Å²) >= 11 is 0. The van der Waals surface area contributed by atoms with E-state index in [1.54, 1.807) is 18.2 Å². The minimum Gasteiger partial charge on any atom is -0.361 e. The summed E-state index contributed by atoms with van der Waals surface area (Å²) < 4.78 is 111. The molecule has 4 nitrogen and oxygen atoms in total. The summed E-state index contributed by atoms with van der Waals surface area (Å²) in [6, 6.07) is 4.24. The molecule has 2 aromatic rings. The Labute approximate surface area is 162 Å². The first-order chi connectivity index (χ1) is 17.1. The van der Waals surface area contributed by atoms with Gasteiger partial charge in [-0.15, -0.1) is 0 Å². The van der Waals surface area contributed by atoms with Crippen LogP contribution in [-0.2, 0) is 11.2 Å². The Hall–Kier alpha value is -2.07. The second-order valence-corrected chi connectivity index (χ2v) is 5.95. The van der Waals surface area contributed by atoms with Crippen molar-refractivity contribution >= 4 is 22.4 Å². The van der Waals surface area contributed by atoms with Crippen molar-refractivity contribution in [1.29, 1.82) is 0 Å². The molecule has 1 aliphatic carbocycles. The number of hydrogen-bond donors (Lipinski definition) is 1. The lowest BCUT2D eigenvalue weighted by molar-refractivity contribution is -0.134. The number of carbonyl (C=O) groups excluding carboxylic acids is 1. The van der Waals surface area contributed by atoms with Gasteiger partial charge in [0, 0.05) is 60.5 Å². The summed E-state index contributed by atoms with van der Waals surface area (Å²) in [7, 11) is 0. The van der Waals surface area contributed by atoms with Gasteiger partial charge in [-0.05, 0) is 49.9 Å². The van der Waals surface area contributed by atoms with Crippen molar-refractivity contribution in [3.05, 3.63) is 41.6 Å². The summed E-state index contributed by atoms with van der Waals surface area (Å²) in [5.41, 5.74) is 2.05. The van der Waals surface area contributed by atoms with E-state index in [-0.39, 0.29) is 12.6 Å². The third-order valence-corrected chi connectivity index (χ3v) is 4.69. The number of nitrogens with zero attached hydrogens (tertiary/aromatic N) is 2. The van der Waals surface area contributed by atoms with Crippen LogP contribution in [0.15, 0.2) is 30.4 Å². The number of fused-ring (bicyclic) bond motifs is 2. The van der Waals surface area contributed by atoms with E-state index < -0.39 is 63.0 Å². The SMILES string of the molecule is [2H]c1[nH]c2cccc3c2c1C[C@@H]1C3=C[C@@H](C(=O)N(C([2H])([2H])C([2H])([2H])[2H])C([2H])([2H])C([2H])([2H])[2H])CN1C([2H])([2H])[2H]. The van der Waals surface area contributed by atoms with Crippen molar-refractivity contribution in [1.82, 2.24) is 14.8 Å². The zero-order valence-corrected chi connectivity index (χ0v) is 12.7. The van der Waals surface area contributed by atoms with E-state index in [0.29, 0.717) is 27.6 Å². The number of nitrogens with one attached hydrogen (secondary N) is 1. The fourth-order valence-corrected chi connectivity index (χ4v) is 3.60. The van der Waals surface area contributed by atoms with Gasteiger partial charge in [0.2, 0.25) is 5.91 Å². The Morgan fingerprint density at radius 3 is 3.17 bits per heavy atom. The molecule has 4 rings (SSSR count). The third kappa shape index (κ3) is 2.20. The molecule has 1 amide bonds. The normalized spacial score (nSPS) is 34.4. The fraction of sp³-hybridized carbons (Fsp3) is 0.450. The zero-order valence-electron chi connectivity index (χ0n) is 26.7. The maximum atomic E-state index is 13.8. The molecule has 0 saturated heterocycles. The number of H-pyrrole nitrogens is 1. The zero-order chi connectivity index (χ0) is 28.8. The number of aromatic amines is 1. The van der Waals surface area contributed by atoms with Gasteiger partial charge in [0.05, 0.1) is 7.29 Å². The highest BCUT2D eigenvalue weighted by Gasteiger charge is 2.36. The second-order valence-electron chi connectivity index (χ2n) is 5.95. The van der Waals surface area contributed by atoms with Gasteiger partial charge < -0.3 is 9.88 Å². The molecule has 0 spiro atoms. The summed E-state index contributed by atoms with van der Waals surface area (Å²) in [6.07, 6.45) is 1.55. The van der Waals surface area contributed by atoms with Crippen LogP contribution in [0.3, 0.4) is 0 Å². The lowest BCUT2D eigenvalue weighted by Crippen LogP contribution is -2.47. The van der Waals surface area contributed by atoms with Gasteiger partial charge in [0.25, 0.3) is 0 Å². The second kappa shape index (κ2) is 5.78. The Morgan fingerprint density at radius 2 is 2.38 bits per heavy atom. The maximum absolute atomic E-state index is 13.8. The van der Waals surface area contributed by atoms with E-state index in [1.165, 1.54) is 6.08 Å². The van der Waals surface area contributed by atoms with Gasteiger partial charge in [-0.25, -0.2) is 0 Å². The van der Waals surface area contributed by atoms with Gasteiger partial charge in [0.1, 0.15) is 0 Å². The molecule has 2 atom stereocenters. The molecule has 2 aliphatic rings. The van der Waals surface area contributed by atoms with Crippen LogP contribution < -0.4 is 0 Å². The van der Waals surface area contributed by atoms with Crippen molar-refractivity contribution in [3.8, 4) is 0 Å². The van der Waals surface area contributed by atoms with Crippen LogP contribution in [0.5, 0.6) is 0 Å². The molecular formula is C20H25N3O. The summed E-state index contributed by atoms with van der Waals surface area (Å²) in [5, 5.41) is 0.645. The van der Waals surface area contributed by atoms with E-state index >= 15 is 0 Å². The van der Waals surface area contributed by atoms with Gasteiger partial charge in [0.15, 0.2) is 0 Å². The summed E-state index contributed by atoms with van der Waals surface area (Å²) in [5.74, 6) is -3.11. The van der Waals surface area contributed by atoms with E-state index in [2.05, 4.69) is 4.98 Å². The molecule has 24 heavy (non-hydrogen) atoms. The molecular weight excluding hydrogens is 298 g/mol. The van der Waals surface area contributed by atoms with Gasteiger partial charge >= 0.3 is 0 Å². The highest BCUT2D eigenvalue weighted by Crippen LogP contribution is 2.40. The van der Waals surface area contributed by atoms with Crippen LogP contribution in [0.4, 0.5) is 0 Å². The van der Waals surface area contributed by atoms with Gasteiger partial charge in [-0.1, -0.05) is 18.2 Å². The van der Waals surface area contributed by atoms with Crippen molar-refractivity contribution in [2.45, 2.75) is 26.2 Å². The van der Waals surface area contributed by atoms with Crippen molar-refractivity contribution < 1.29 is 24.0 Å². The van der Waals surface area contributed by atoms with Gasteiger partial charge in [-0.3, -0.25) is 9.69 Å². The first-order valence-electron chi connectivity index (χ1n) is 14.5. The molecule has 126 valence electrons. The lowest BCUT2D eigenvalue weighted by atomic mass is 9.79. The van der Waals surface area contributed by atoms with Crippen LogP contribution in [0, 0.1) is 5.92 Å². The topological polar surface area (TPSA) is 39.3 Å². The van der Waals surface area contributed by atoms with Crippen LogP contribution in [0.25, 0.3) is 16.5 Å². The fourth-order valence-electron chi connectivity index (χ4n) is 3.60. The maximum Gasteiger partial charge on any atom is 0.230 e. The molecule has 1 aromatic heterocycles. The Morgan fingerprint density at radius 1 is 1.50 bits per heavy atom. The van der Waals surface area contributed by atoms with E-state index in [9.17, 15) is 4.79 Å². The van der Waals surface area contributed by atoms with Crippen LogP contribution in [-0.4, -0.2) is 53.2 Å². The number of likely N-dealkylation sites (N-methyl/N-ethyl adjacent to an activating group) is 1. The van der Waals surface area contributed by atoms with Crippen LogP contribution in [0.2, 0.25) is 0 Å². The number of rotatable bonds is 3. The largest absolute Gasteiger partial charge is 0.361 e. The predicted octanol–water partition coefficient (Wildman–Crippen LogP) is 2.91. The minimum absolute atomic E-state index is 0.108. The monoisotopic (exact) mass is 337 g/mol. The quantitative estimate of drug-likeness (QED) is 0.935. The van der Waals surface area contributed by atoms with Crippen molar-refractivity contribution in [3.63, 3.8) is 0 Å². The standard InChI is InChI=1S/C20H25N3O/c1-4-23(5-2)20(24)14-9-16-15-7-6-8-17-19(15)13(11-21-17)10-18(16)22(3)12-14/h6-9,11,14,18,21H,4-5,10,12H2,1-3H3/t14-,18-/m1/s1/i1D3,2D3,3D3,4D2,5D2,11D. The molecule has 0 saturated carbocycles. The summed E-state index contributed by atoms with van der Waals surface area (Å²) in [4.78, 5) is 17.3. The van der Waals surface area contributed by atoms with E-state index in [1.807, 2.05) is 0 Å². The van der Waals surface area contributed by atoms with Crippen molar-refractivity contribution in [2.24, 2.45) is 5.92 Å². The number of carbonyl (C=O) groups is 1. The third-order valence-electron chi connectivity index (χ3n) is 4.69. The minimum atomic E-state index is -3.75. The average Bonchev–Trinajstić information content (AvgIpc) is 3.07. The number of aromatic nitrogens is 1. The van der Waals surface area contributed by atoms with Crippen LogP contribution >= 0.6 is 0 Å². The van der Waals surface area contributed by atoms with E-state index in [4.69, 9.17) is 19.2 Å². The Kier molecular flexibility index (Phi) is 1.53. The van der Waals surface area contributed by atoms with Crippen molar-refractivity contribution in [2.75, 3.05) is 26.5 Å². The Bertz CT molecular complexity index is 1280. The lowest BCUT2D eigenvalue weighted by Gasteiger charge is -2.40. The molecule has 0 unspecified atom stereocenters. The molecule has 0 bridgehead atoms. The molecule has 1 aromatic carbocycles. The molecule has 2 heterocycles. The molecule has 1 N–H and O–H groups in total. The highest BCUT2D eigenvalue weighted by molar-refractivity contribution is 5.99.